The Morgan fingerprint density at radius 2 is 1.83 bits per heavy atom. The normalized spacial score (nSPS) is 10.2. The van der Waals surface area contributed by atoms with Crippen LogP contribution in [0.2, 0.25) is 0 Å². The number of carboxylic acid groups (broad SMARTS) is 1. The van der Waals surface area contributed by atoms with Crippen molar-refractivity contribution in [1.82, 2.24) is 0 Å². The fraction of sp³-hybridized carbons (Fsp3) is 0.222. The number of aryl methyl sites for hydroxylation is 1. The van der Waals surface area contributed by atoms with Crippen molar-refractivity contribution in [2.45, 2.75) is 19.3 Å². The summed E-state index contributed by atoms with van der Waals surface area (Å²) in [5.74, 6) is -0.896. The molecule has 2 rings (SSSR count). The Morgan fingerprint density at radius 1 is 1.12 bits per heavy atom. The van der Waals surface area contributed by atoms with Gasteiger partial charge in [-0.2, -0.15) is 0 Å². The Morgan fingerprint density at radius 3 is 2.46 bits per heavy atom. The van der Waals surface area contributed by atoms with Gasteiger partial charge in [-0.15, -0.1) is 0 Å². The van der Waals surface area contributed by atoms with E-state index in [1.54, 1.807) is 18.2 Å². The van der Waals surface area contributed by atoms with Gasteiger partial charge in [-0.1, -0.05) is 12.1 Å². The molecule has 0 fully saturated rings. The molecular formula is C18H19NO5. The summed E-state index contributed by atoms with van der Waals surface area (Å²) in [6.07, 6.45) is 1.36. The number of nitrogens with one attached hydrogen (secondary N) is 1. The van der Waals surface area contributed by atoms with Crippen LogP contribution in [0.25, 0.3) is 0 Å². The Balaban J connectivity index is 2.00. The number of aliphatic carboxylic acids is 1. The molecule has 24 heavy (non-hydrogen) atoms. The molecule has 0 bridgehead atoms. The van der Waals surface area contributed by atoms with E-state index in [1.807, 2.05) is 12.1 Å². The average Bonchev–Trinajstić information content (AvgIpc) is 2.56. The Kier molecular flexibility index (Phi) is 5.78. The molecule has 1 amide bonds. The fourth-order valence-electron chi connectivity index (χ4n) is 2.22. The summed E-state index contributed by atoms with van der Waals surface area (Å²) >= 11 is 0. The number of aromatic hydroxyl groups is 1. The molecule has 0 saturated heterocycles. The summed E-state index contributed by atoms with van der Waals surface area (Å²) in [5, 5.41) is 21.1. The molecule has 0 spiro atoms. The first-order chi connectivity index (χ1) is 11.5. The van der Waals surface area contributed by atoms with Gasteiger partial charge in [0, 0.05) is 12.1 Å². The van der Waals surface area contributed by atoms with Crippen LogP contribution in [-0.4, -0.2) is 29.2 Å². The van der Waals surface area contributed by atoms with Gasteiger partial charge in [0.05, 0.1) is 12.7 Å². The second-order valence-electron chi connectivity index (χ2n) is 5.28. The van der Waals surface area contributed by atoms with E-state index in [-0.39, 0.29) is 17.7 Å². The average molecular weight is 329 g/mol. The zero-order chi connectivity index (χ0) is 17.5. The largest absolute Gasteiger partial charge is 0.507 e. The first kappa shape index (κ1) is 17.3. The van der Waals surface area contributed by atoms with Crippen LogP contribution in [0.3, 0.4) is 0 Å². The Hall–Kier alpha value is -3.02. The lowest BCUT2D eigenvalue weighted by molar-refractivity contribution is -0.137. The number of ether oxygens (including phenoxy) is 1. The maximum Gasteiger partial charge on any atom is 0.303 e. The number of anilines is 1. The molecule has 0 saturated carbocycles. The van der Waals surface area contributed by atoms with E-state index in [1.165, 1.54) is 19.2 Å². The highest BCUT2D eigenvalue weighted by molar-refractivity contribution is 6.06. The molecule has 6 heteroatoms. The molecule has 3 N–H and O–H groups in total. The van der Waals surface area contributed by atoms with E-state index < -0.39 is 11.9 Å². The van der Waals surface area contributed by atoms with Gasteiger partial charge in [0.15, 0.2) is 0 Å². The van der Waals surface area contributed by atoms with Crippen molar-refractivity contribution < 1.29 is 24.5 Å². The van der Waals surface area contributed by atoms with Crippen LogP contribution in [0.4, 0.5) is 5.69 Å². The number of carbonyl (C=O) groups excluding carboxylic acids is 1. The van der Waals surface area contributed by atoms with Gasteiger partial charge >= 0.3 is 5.97 Å². The summed E-state index contributed by atoms with van der Waals surface area (Å²) in [4.78, 5) is 22.7. The zero-order valence-corrected chi connectivity index (χ0v) is 13.3. The number of phenolic OH excluding ortho intramolecular Hbond substituents is 1. The first-order valence-electron chi connectivity index (χ1n) is 7.48. The smallest absolute Gasteiger partial charge is 0.303 e. The molecule has 6 nitrogen and oxygen atoms in total. The number of amides is 1. The van der Waals surface area contributed by atoms with Gasteiger partial charge in [0.25, 0.3) is 5.91 Å². The quantitative estimate of drug-likeness (QED) is 0.725. The van der Waals surface area contributed by atoms with Crippen LogP contribution in [-0.2, 0) is 11.2 Å². The number of carboxylic acids is 1. The standard InChI is InChI=1S/C18H19NO5/c1-24-14-9-10-16(20)15(11-14)18(23)19-13-7-5-12(6-8-13)3-2-4-17(21)22/h5-11,20H,2-4H2,1H3,(H,19,23)(H,21,22). The number of benzene rings is 2. The molecule has 0 heterocycles. The lowest BCUT2D eigenvalue weighted by Crippen LogP contribution is -2.12. The van der Waals surface area contributed by atoms with Gasteiger partial charge in [-0.25, -0.2) is 0 Å². The molecule has 126 valence electrons. The van der Waals surface area contributed by atoms with E-state index in [2.05, 4.69) is 5.32 Å². The van der Waals surface area contributed by atoms with Crippen LogP contribution in [0.15, 0.2) is 42.5 Å². The van der Waals surface area contributed by atoms with Crippen LogP contribution >= 0.6 is 0 Å². The summed E-state index contributed by atoms with van der Waals surface area (Å²) in [6, 6.07) is 11.6. The van der Waals surface area contributed by atoms with E-state index in [0.29, 0.717) is 24.3 Å². The molecule has 2 aromatic carbocycles. The monoisotopic (exact) mass is 329 g/mol. The van der Waals surface area contributed by atoms with Crippen molar-refractivity contribution >= 4 is 17.6 Å². The van der Waals surface area contributed by atoms with Crippen molar-refractivity contribution in [2.75, 3.05) is 12.4 Å². The van der Waals surface area contributed by atoms with Crippen molar-refractivity contribution in [3.63, 3.8) is 0 Å². The minimum absolute atomic E-state index is 0.125. The van der Waals surface area contributed by atoms with E-state index in [0.717, 1.165) is 5.56 Å². The van der Waals surface area contributed by atoms with Crippen LogP contribution < -0.4 is 10.1 Å². The molecule has 0 aliphatic heterocycles. The fourth-order valence-corrected chi connectivity index (χ4v) is 2.22. The highest BCUT2D eigenvalue weighted by atomic mass is 16.5. The zero-order valence-electron chi connectivity index (χ0n) is 13.3. The number of carbonyl (C=O) groups is 2. The summed E-state index contributed by atoms with van der Waals surface area (Å²) in [6.45, 7) is 0. The Labute approximate surface area is 139 Å². The van der Waals surface area contributed by atoms with Crippen LogP contribution in [0.5, 0.6) is 11.5 Å². The lowest BCUT2D eigenvalue weighted by Gasteiger charge is -2.09. The molecule has 0 atom stereocenters. The molecular weight excluding hydrogens is 310 g/mol. The van der Waals surface area contributed by atoms with Crippen molar-refractivity contribution in [3.8, 4) is 11.5 Å². The second kappa shape index (κ2) is 8.01. The molecule has 0 aliphatic carbocycles. The molecule has 0 unspecified atom stereocenters. The lowest BCUT2D eigenvalue weighted by atomic mass is 10.1. The van der Waals surface area contributed by atoms with Gasteiger partial charge in [-0.3, -0.25) is 9.59 Å². The topological polar surface area (TPSA) is 95.9 Å². The molecule has 0 radical (unpaired) electrons. The van der Waals surface area contributed by atoms with E-state index >= 15 is 0 Å². The minimum atomic E-state index is -0.808. The number of phenols is 1. The van der Waals surface area contributed by atoms with Crippen LogP contribution in [0, 0.1) is 0 Å². The van der Waals surface area contributed by atoms with Crippen molar-refractivity contribution in [3.05, 3.63) is 53.6 Å². The molecule has 0 aliphatic rings. The maximum absolute atomic E-state index is 12.2. The number of hydrogen-bond acceptors (Lipinski definition) is 4. The minimum Gasteiger partial charge on any atom is -0.507 e. The third kappa shape index (κ3) is 4.74. The van der Waals surface area contributed by atoms with Crippen molar-refractivity contribution in [2.24, 2.45) is 0 Å². The first-order valence-corrected chi connectivity index (χ1v) is 7.48. The van der Waals surface area contributed by atoms with E-state index in [4.69, 9.17) is 9.84 Å². The van der Waals surface area contributed by atoms with Gasteiger partial charge in [0.1, 0.15) is 11.5 Å². The maximum atomic E-state index is 12.2. The Bertz CT molecular complexity index is 725. The third-order valence-corrected chi connectivity index (χ3v) is 3.52. The van der Waals surface area contributed by atoms with Gasteiger partial charge in [-0.05, 0) is 48.7 Å². The SMILES string of the molecule is COc1ccc(O)c(C(=O)Nc2ccc(CCCC(=O)O)cc2)c1. The van der Waals surface area contributed by atoms with Crippen molar-refractivity contribution in [1.29, 1.82) is 0 Å². The number of rotatable bonds is 7. The van der Waals surface area contributed by atoms with Gasteiger partial charge in [0.2, 0.25) is 0 Å². The second-order valence-corrected chi connectivity index (χ2v) is 5.28. The van der Waals surface area contributed by atoms with Crippen LogP contribution in [0.1, 0.15) is 28.8 Å². The predicted molar refractivity (Wildman–Crippen MR) is 89.6 cm³/mol. The predicted octanol–water partition coefficient (Wildman–Crippen LogP) is 3.06. The summed E-state index contributed by atoms with van der Waals surface area (Å²) in [7, 11) is 1.48. The molecule has 0 aromatic heterocycles. The van der Waals surface area contributed by atoms with E-state index in [9.17, 15) is 14.7 Å². The summed E-state index contributed by atoms with van der Waals surface area (Å²) in [5.41, 5.74) is 1.71. The molecule has 2 aromatic rings. The number of hydrogen-bond donors (Lipinski definition) is 3. The van der Waals surface area contributed by atoms with Gasteiger partial charge < -0.3 is 20.3 Å². The third-order valence-electron chi connectivity index (χ3n) is 3.52. The highest BCUT2D eigenvalue weighted by Crippen LogP contribution is 2.24. The summed E-state index contributed by atoms with van der Waals surface area (Å²) < 4.78 is 5.05. The number of methoxy groups -OCH3 is 1. The highest BCUT2D eigenvalue weighted by Gasteiger charge is 2.12.